The first kappa shape index (κ1) is 15.4. The van der Waals surface area contributed by atoms with Gasteiger partial charge in [-0.25, -0.2) is 4.98 Å². The van der Waals surface area contributed by atoms with E-state index < -0.39 is 0 Å². The van der Waals surface area contributed by atoms with Gasteiger partial charge >= 0.3 is 0 Å². The fourth-order valence-corrected chi connectivity index (χ4v) is 3.11. The first-order valence-corrected chi connectivity index (χ1v) is 7.94. The van der Waals surface area contributed by atoms with Crippen molar-refractivity contribution >= 4 is 29.1 Å². The number of rotatable bonds is 4. The number of carbonyl (C=O) groups is 3. The Labute approximate surface area is 137 Å². The van der Waals surface area contributed by atoms with Gasteiger partial charge < -0.3 is 4.90 Å². The molecular formula is C16H15N3O3S. The molecule has 1 aliphatic heterocycles. The summed E-state index contributed by atoms with van der Waals surface area (Å²) >= 11 is 1.36. The molecule has 0 saturated heterocycles. The first-order chi connectivity index (χ1) is 11.0. The molecule has 7 heteroatoms. The number of aromatic nitrogens is 1. The minimum absolute atomic E-state index is 0.0355. The third-order valence-corrected chi connectivity index (χ3v) is 4.50. The Bertz CT molecular complexity index is 762. The quantitative estimate of drug-likeness (QED) is 0.798. The van der Waals surface area contributed by atoms with Gasteiger partial charge in [-0.2, -0.15) is 0 Å². The number of hydrogen-bond donors (Lipinski definition) is 0. The molecule has 1 aromatic carbocycles. The van der Waals surface area contributed by atoms with E-state index in [9.17, 15) is 14.4 Å². The van der Waals surface area contributed by atoms with E-state index in [1.165, 1.54) is 21.1 Å². The third-order valence-electron chi connectivity index (χ3n) is 3.60. The van der Waals surface area contributed by atoms with Gasteiger partial charge in [-0.05, 0) is 12.1 Å². The molecule has 0 unspecified atom stereocenters. The lowest BCUT2D eigenvalue weighted by atomic mass is 10.1. The van der Waals surface area contributed by atoms with E-state index in [4.69, 9.17) is 0 Å². The average Bonchev–Trinajstić information content (AvgIpc) is 3.06. The second-order valence-corrected chi connectivity index (χ2v) is 6.38. The Morgan fingerprint density at radius 1 is 1.17 bits per heavy atom. The number of carbonyl (C=O) groups excluding carboxylic acids is 3. The molecule has 0 spiro atoms. The SMILES string of the molecule is CN(C)C(=O)Cc1nc(CN2C(=O)c3ccccc3C2=O)cs1. The summed E-state index contributed by atoms with van der Waals surface area (Å²) in [6, 6.07) is 6.78. The van der Waals surface area contributed by atoms with Crippen LogP contribution in [0.15, 0.2) is 29.6 Å². The predicted molar refractivity (Wildman–Crippen MR) is 85.2 cm³/mol. The van der Waals surface area contributed by atoms with Crippen molar-refractivity contribution in [3.05, 3.63) is 51.5 Å². The molecule has 0 fully saturated rings. The number of fused-ring (bicyclic) bond motifs is 1. The first-order valence-electron chi connectivity index (χ1n) is 7.06. The molecule has 2 aromatic rings. The largest absolute Gasteiger partial charge is 0.348 e. The molecule has 0 bridgehead atoms. The van der Waals surface area contributed by atoms with Crippen LogP contribution < -0.4 is 0 Å². The maximum atomic E-state index is 12.3. The highest BCUT2D eigenvalue weighted by Crippen LogP contribution is 2.24. The normalized spacial score (nSPS) is 13.4. The lowest BCUT2D eigenvalue weighted by molar-refractivity contribution is -0.127. The zero-order chi connectivity index (χ0) is 16.6. The molecule has 0 atom stereocenters. The molecule has 3 amide bonds. The molecule has 0 saturated carbocycles. The number of benzene rings is 1. The van der Waals surface area contributed by atoms with Crippen molar-refractivity contribution < 1.29 is 14.4 Å². The second kappa shape index (κ2) is 5.92. The molecule has 2 heterocycles. The summed E-state index contributed by atoms with van der Waals surface area (Å²) in [6.45, 7) is 0.124. The Hall–Kier alpha value is -2.54. The van der Waals surface area contributed by atoms with Crippen LogP contribution in [0.4, 0.5) is 0 Å². The van der Waals surface area contributed by atoms with Gasteiger partial charge in [-0.1, -0.05) is 12.1 Å². The predicted octanol–water partition coefficient (Wildman–Crippen LogP) is 1.57. The van der Waals surface area contributed by atoms with Gasteiger partial charge in [0.1, 0.15) is 5.01 Å². The number of hydrogen-bond acceptors (Lipinski definition) is 5. The number of likely N-dealkylation sites (N-methyl/N-ethyl adjacent to an activating group) is 1. The van der Waals surface area contributed by atoms with E-state index in [2.05, 4.69) is 4.98 Å². The monoisotopic (exact) mass is 329 g/mol. The number of nitrogens with zero attached hydrogens (tertiary/aromatic N) is 3. The molecule has 0 N–H and O–H groups in total. The molecule has 0 aliphatic carbocycles. The van der Waals surface area contributed by atoms with Crippen LogP contribution in [0, 0.1) is 0 Å². The van der Waals surface area contributed by atoms with Crippen LogP contribution in [0.3, 0.4) is 0 Å². The topological polar surface area (TPSA) is 70.6 Å². The standard InChI is InChI=1S/C16H15N3O3S/c1-18(2)14(20)7-13-17-10(9-23-13)8-19-15(21)11-5-3-4-6-12(11)16(19)22/h3-6,9H,7-8H2,1-2H3. The fourth-order valence-electron chi connectivity index (χ4n) is 2.33. The van der Waals surface area contributed by atoms with Gasteiger partial charge in [0.05, 0.1) is 29.8 Å². The zero-order valence-electron chi connectivity index (χ0n) is 12.8. The van der Waals surface area contributed by atoms with Crippen LogP contribution in [0.25, 0.3) is 0 Å². The number of amides is 3. The summed E-state index contributed by atoms with van der Waals surface area (Å²) in [5, 5.41) is 2.46. The molecule has 23 heavy (non-hydrogen) atoms. The van der Waals surface area contributed by atoms with Crippen molar-refractivity contribution in [2.24, 2.45) is 0 Å². The Morgan fingerprint density at radius 2 is 1.78 bits per heavy atom. The smallest absolute Gasteiger partial charge is 0.261 e. The van der Waals surface area contributed by atoms with Crippen LogP contribution in [0.1, 0.15) is 31.4 Å². The van der Waals surface area contributed by atoms with E-state index in [1.807, 2.05) is 0 Å². The second-order valence-electron chi connectivity index (χ2n) is 5.44. The van der Waals surface area contributed by atoms with E-state index in [0.717, 1.165) is 0 Å². The Morgan fingerprint density at radius 3 is 2.35 bits per heavy atom. The van der Waals surface area contributed by atoms with Gasteiger partial charge in [0, 0.05) is 19.5 Å². The van der Waals surface area contributed by atoms with E-state index in [-0.39, 0.29) is 30.7 Å². The van der Waals surface area contributed by atoms with E-state index in [1.54, 1.807) is 43.7 Å². The lowest BCUT2D eigenvalue weighted by Crippen LogP contribution is -2.29. The van der Waals surface area contributed by atoms with Crippen molar-refractivity contribution in [1.82, 2.24) is 14.8 Å². The van der Waals surface area contributed by atoms with Crippen LogP contribution in [0.2, 0.25) is 0 Å². The van der Waals surface area contributed by atoms with Crippen molar-refractivity contribution in [2.45, 2.75) is 13.0 Å². The highest BCUT2D eigenvalue weighted by atomic mass is 32.1. The molecule has 6 nitrogen and oxygen atoms in total. The minimum Gasteiger partial charge on any atom is -0.348 e. The van der Waals surface area contributed by atoms with Crippen molar-refractivity contribution in [3.8, 4) is 0 Å². The summed E-state index contributed by atoms with van der Waals surface area (Å²) in [6.07, 6.45) is 0.222. The number of imide groups is 1. The zero-order valence-corrected chi connectivity index (χ0v) is 13.6. The van der Waals surface area contributed by atoms with Gasteiger partial charge in [-0.3, -0.25) is 19.3 Å². The highest BCUT2D eigenvalue weighted by Gasteiger charge is 2.35. The van der Waals surface area contributed by atoms with Gasteiger partial charge in [0.2, 0.25) is 5.91 Å². The lowest BCUT2D eigenvalue weighted by Gasteiger charge is -2.11. The fraction of sp³-hybridized carbons (Fsp3) is 0.250. The summed E-state index contributed by atoms with van der Waals surface area (Å²) in [5.74, 6) is -0.638. The van der Waals surface area contributed by atoms with Crippen molar-refractivity contribution in [3.63, 3.8) is 0 Å². The molecule has 118 valence electrons. The maximum absolute atomic E-state index is 12.3. The number of thiazole rings is 1. The average molecular weight is 329 g/mol. The minimum atomic E-state index is -0.301. The molecular weight excluding hydrogens is 314 g/mol. The summed E-state index contributed by atoms with van der Waals surface area (Å²) in [5.41, 5.74) is 1.47. The van der Waals surface area contributed by atoms with Crippen LogP contribution >= 0.6 is 11.3 Å². The van der Waals surface area contributed by atoms with Crippen LogP contribution in [-0.2, 0) is 17.8 Å². The van der Waals surface area contributed by atoms with Gasteiger partial charge in [0.25, 0.3) is 11.8 Å². The van der Waals surface area contributed by atoms with Crippen LogP contribution in [0.5, 0.6) is 0 Å². The van der Waals surface area contributed by atoms with Crippen molar-refractivity contribution in [1.29, 1.82) is 0 Å². The van der Waals surface area contributed by atoms with Crippen molar-refractivity contribution in [2.75, 3.05) is 14.1 Å². The Kier molecular flexibility index (Phi) is 3.96. The Balaban J connectivity index is 1.74. The van der Waals surface area contributed by atoms with Gasteiger partial charge in [0.15, 0.2) is 0 Å². The van der Waals surface area contributed by atoms with Crippen LogP contribution in [-0.4, -0.2) is 46.6 Å². The molecule has 1 aromatic heterocycles. The summed E-state index contributed by atoms with van der Waals surface area (Å²) < 4.78 is 0. The third kappa shape index (κ3) is 2.87. The molecule has 1 aliphatic rings. The molecule has 3 rings (SSSR count). The molecule has 0 radical (unpaired) electrons. The van der Waals surface area contributed by atoms with Gasteiger partial charge in [-0.15, -0.1) is 11.3 Å². The van der Waals surface area contributed by atoms with E-state index >= 15 is 0 Å². The maximum Gasteiger partial charge on any atom is 0.261 e. The summed E-state index contributed by atoms with van der Waals surface area (Å²) in [7, 11) is 3.38. The highest BCUT2D eigenvalue weighted by molar-refractivity contribution is 7.09. The summed E-state index contributed by atoms with van der Waals surface area (Å²) in [4.78, 5) is 43.4. The van der Waals surface area contributed by atoms with E-state index in [0.29, 0.717) is 21.8 Å².